The van der Waals surface area contributed by atoms with Gasteiger partial charge in [-0.1, -0.05) is 6.07 Å². The van der Waals surface area contributed by atoms with E-state index in [-0.39, 0.29) is 11.7 Å². The maximum Gasteiger partial charge on any atom is 0.123 e. The van der Waals surface area contributed by atoms with Crippen molar-refractivity contribution in [1.29, 1.82) is 5.41 Å². The summed E-state index contributed by atoms with van der Waals surface area (Å²) in [7, 11) is 1.96. The lowest BCUT2D eigenvalue weighted by Crippen LogP contribution is -2.24. The van der Waals surface area contributed by atoms with Gasteiger partial charge in [-0.25, -0.2) is 4.39 Å². The zero-order valence-corrected chi connectivity index (χ0v) is 9.76. The Bertz CT molecular complexity index is 377. The molecule has 0 atom stereocenters. The highest BCUT2D eigenvalue weighted by molar-refractivity contribution is 5.76. The van der Waals surface area contributed by atoms with Crippen molar-refractivity contribution in [3.8, 4) is 0 Å². The van der Waals surface area contributed by atoms with E-state index in [1.54, 1.807) is 6.07 Å². The van der Waals surface area contributed by atoms with Gasteiger partial charge in [-0.2, -0.15) is 0 Å². The molecular formula is C12H18FN3. The molecule has 0 heterocycles. The molecule has 0 aliphatic heterocycles. The molecule has 0 saturated carbocycles. The van der Waals surface area contributed by atoms with Crippen molar-refractivity contribution in [3.63, 3.8) is 0 Å². The largest absolute Gasteiger partial charge is 0.388 e. The summed E-state index contributed by atoms with van der Waals surface area (Å²) in [6.07, 6.45) is 0.566. The van der Waals surface area contributed by atoms with Crippen LogP contribution in [-0.4, -0.2) is 24.3 Å². The van der Waals surface area contributed by atoms with Crippen molar-refractivity contribution in [1.82, 2.24) is 4.90 Å². The second-order valence-electron chi connectivity index (χ2n) is 4.08. The zero-order valence-electron chi connectivity index (χ0n) is 9.76. The van der Waals surface area contributed by atoms with E-state index in [0.29, 0.717) is 6.42 Å². The SMILES string of the molecule is Cc1cc(F)ccc1CN(C)CCC(=N)N. The van der Waals surface area contributed by atoms with E-state index in [2.05, 4.69) is 4.90 Å². The first kappa shape index (κ1) is 12.6. The highest BCUT2D eigenvalue weighted by Crippen LogP contribution is 2.12. The van der Waals surface area contributed by atoms with Crippen LogP contribution in [0.4, 0.5) is 4.39 Å². The second-order valence-corrected chi connectivity index (χ2v) is 4.08. The van der Waals surface area contributed by atoms with Gasteiger partial charge in [-0.3, -0.25) is 5.41 Å². The third-order valence-corrected chi connectivity index (χ3v) is 2.51. The number of hydrogen-bond acceptors (Lipinski definition) is 2. The van der Waals surface area contributed by atoms with Crippen molar-refractivity contribution < 1.29 is 4.39 Å². The summed E-state index contributed by atoms with van der Waals surface area (Å²) in [5.41, 5.74) is 7.35. The van der Waals surface area contributed by atoms with Crippen LogP contribution in [-0.2, 0) is 6.54 Å². The van der Waals surface area contributed by atoms with Gasteiger partial charge in [-0.05, 0) is 37.2 Å². The van der Waals surface area contributed by atoms with E-state index >= 15 is 0 Å². The first-order valence-corrected chi connectivity index (χ1v) is 5.25. The number of aryl methyl sites for hydroxylation is 1. The van der Waals surface area contributed by atoms with Crippen LogP contribution in [0.1, 0.15) is 17.5 Å². The molecule has 3 N–H and O–H groups in total. The van der Waals surface area contributed by atoms with E-state index < -0.39 is 0 Å². The van der Waals surface area contributed by atoms with Crippen molar-refractivity contribution in [2.24, 2.45) is 5.73 Å². The first-order valence-electron chi connectivity index (χ1n) is 5.25. The van der Waals surface area contributed by atoms with Gasteiger partial charge < -0.3 is 10.6 Å². The average Bonchev–Trinajstić information content (AvgIpc) is 2.19. The molecular weight excluding hydrogens is 205 g/mol. The van der Waals surface area contributed by atoms with Crippen LogP contribution in [0.2, 0.25) is 0 Å². The molecule has 0 fully saturated rings. The molecule has 1 aromatic carbocycles. The lowest BCUT2D eigenvalue weighted by molar-refractivity contribution is 0.335. The molecule has 0 amide bonds. The maximum absolute atomic E-state index is 12.9. The molecule has 0 aromatic heterocycles. The minimum atomic E-state index is -0.201. The van der Waals surface area contributed by atoms with Crippen LogP contribution >= 0.6 is 0 Å². The molecule has 0 radical (unpaired) electrons. The number of hydrogen-bond donors (Lipinski definition) is 2. The smallest absolute Gasteiger partial charge is 0.123 e. The average molecular weight is 223 g/mol. The molecule has 0 spiro atoms. The van der Waals surface area contributed by atoms with E-state index in [0.717, 1.165) is 24.2 Å². The Morgan fingerprint density at radius 3 is 2.75 bits per heavy atom. The number of halogens is 1. The van der Waals surface area contributed by atoms with Gasteiger partial charge in [0, 0.05) is 19.5 Å². The Labute approximate surface area is 95.6 Å². The molecule has 0 saturated heterocycles. The van der Waals surface area contributed by atoms with Crippen LogP contribution in [0.5, 0.6) is 0 Å². The van der Waals surface area contributed by atoms with Gasteiger partial charge in [0.25, 0.3) is 0 Å². The third kappa shape index (κ3) is 3.98. The normalized spacial score (nSPS) is 10.8. The number of rotatable bonds is 5. The van der Waals surface area contributed by atoms with Gasteiger partial charge in [0.2, 0.25) is 0 Å². The lowest BCUT2D eigenvalue weighted by Gasteiger charge is -2.17. The molecule has 3 nitrogen and oxygen atoms in total. The fourth-order valence-electron chi connectivity index (χ4n) is 1.52. The standard InChI is InChI=1S/C12H18FN3/c1-9-7-11(13)4-3-10(9)8-16(2)6-5-12(14)15/h3-4,7H,5-6,8H2,1-2H3,(H3,14,15). The molecule has 0 unspecified atom stereocenters. The van der Waals surface area contributed by atoms with E-state index in [4.69, 9.17) is 11.1 Å². The number of nitrogens with zero attached hydrogens (tertiary/aromatic N) is 1. The monoisotopic (exact) mass is 223 g/mol. The predicted molar refractivity (Wildman–Crippen MR) is 64.0 cm³/mol. The van der Waals surface area contributed by atoms with Crippen molar-refractivity contribution in [2.45, 2.75) is 19.9 Å². The number of amidine groups is 1. The molecule has 88 valence electrons. The van der Waals surface area contributed by atoms with Crippen LogP contribution in [0.3, 0.4) is 0 Å². The van der Waals surface area contributed by atoms with Gasteiger partial charge in [0.05, 0.1) is 5.84 Å². The number of benzene rings is 1. The molecule has 1 rings (SSSR count). The summed E-state index contributed by atoms with van der Waals surface area (Å²) in [4.78, 5) is 2.07. The highest BCUT2D eigenvalue weighted by atomic mass is 19.1. The molecule has 0 aliphatic carbocycles. The third-order valence-electron chi connectivity index (χ3n) is 2.51. The van der Waals surface area contributed by atoms with Gasteiger partial charge in [-0.15, -0.1) is 0 Å². The van der Waals surface area contributed by atoms with Crippen LogP contribution in [0.25, 0.3) is 0 Å². The van der Waals surface area contributed by atoms with Gasteiger partial charge >= 0.3 is 0 Å². The fourth-order valence-corrected chi connectivity index (χ4v) is 1.52. The van der Waals surface area contributed by atoms with Gasteiger partial charge in [0.1, 0.15) is 5.82 Å². The Kier molecular flexibility index (Phi) is 4.43. The van der Waals surface area contributed by atoms with E-state index in [1.807, 2.05) is 14.0 Å². The summed E-state index contributed by atoms with van der Waals surface area (Å²) >= 11 is 0. The Morgan fingerprint density at radius 2 is 2.19 bits per heavy atom. The van der Waals surface area contributed by atoms with Crippen LogP contribution in [0, 0.1) is 18.2 Å². The molecule has 0 bridgehead atoms. The van der Waals surface area contributed by atoms with Crippen LogP contribution < -0.4 is 5.73 Å². The van der Waals surface area contributed by atoms with Crippen LogP contribution in [0.15, 0.2) is 18.2 Å². The number of nitrogens with two attached hydrogens (primary N) is 1. The quantitative estimate of drug-likeness (QED) is 0.591. The Hall–Kier alpha value is -1.42. The minimum Gasteiger partial charge on any atom is -0.388 e. The lowest BCUT2D eigenvalue weighted by atomic mass is 10.1. The Balaban J connectivity index is 2.55. The van der Waals surface area contributed by atoms with Crippen molar-refractivity contribution in [2.75, 3.05) is 13.6 Å². The summed E-state index contributed by atoms with van der Waals surface area (Å²) in [6.45, 7) is 3.39. The summed E-state index contributed by atoms with van der Waals surface area (Å²) in [5, 5.41) is 7.14. The van der Waals surface area contributed by atoms with Crippen molar-refractivity contribution >= 4 is 5.84 Å². The molecule has 1 aromatic rings. The maximum atomic E-state index is 12.9. The molecule has 4 heteroatoms. The fraction of sp³-hybridized carbons (Fsp3) is 0.417. The number of nitrogens with one attached hydrogen (secondary N) is 1. The van der Waals surface area contributed by atoms with Crippen molar-refractivity contribution in [3.05, 3.63) is 35.1 Å². The summed E-state index contributed by atoms with van der Waals surface area (Å²) < 4.78 is 12.9. The molecule has 0 aliphatic rings. The predicted octanol–water partition coefficient (Wildman–Crippen LogP) is 1.89. The highest BCUT2D eigenvalue weighted by Gasteiger charge is 2.04. The van der Waals surface area contributed by atoms with E-state index in [1.165, 1.54) is 12.1 Å². The summed E-state index contributed by atoms with van der Waals surface area (Å²) in [6, 6.07) is 4.81. The summed E-state index contributed by atoms with van der Waals surface area (Å²) in [5.74, 6) is -0.00434. The zero-order chi connectivity index (χ0) is 12.1. The minimum absolute atomic E-state index is 0.197. The van der Waals surface area contributed by atoms with E-state index in [9.17, 15) is 4.39 Å². The second kappa shape index (κ2) is 5.61. The first-order chi connectivity index (χ1) is 7.49. The Morgan fingerprint density at radius 1 is 1.50 bits per heavy atom. The van der Waals surface area contributed by atoms with Gasteiger partial charge in [0.15, 0.2) is 0 Å². The topological polar surface area (TPSA) is 53.1 Å². The molecule has 16 heavy (non-hydrogen) atoms.